The fourth-order valence-corrected chi connectivity index (χ4v) is 2.53. The first-order chi connectivity index (χ1) is 11.3. The molecular weight excluding hydrogens is 310 g/mol. The normalized spacial score (nSPS) is 12.3. The highest BCUT2D eigenvalue weighted by molar-refractivity contribution is 6.30. The number of nitrogens with one attached hydrogen (secondary N) is 1. The Kier molecular flexibility index (Phi) is 5.08. The molecule has 0 bridgehead atoms. The minimum absolute atomic E-state index is 0.0509. The van der Waals surface area contributed by atoms with Crippen molar-refractivity contribution in [1.82, 2.24) is 15.1 Å². The molecule has 1 aromatic heterocycles. The zero-order valence-corrected chi connectivity index (χ0v) is 13.3. The van der Waals surface area contributed by atoms with E-state index in [2.05, 4.69) is 10.4 Å². The maximum atomic E-state index is 9.57. The molecule has 2 N–H and O–H groups in total. The second-order valence-electron chi connectivity index (χ2n) is 5.30. The molecule has 0 saturated carbocycles. The molecule has 0 radical (unpaired) electrons. The molecule has 0 spiro atoms. The Morgan fingerprint density at radius 3 is 2.52 bits per heavy atom. The Morgan fingerprint density at radius 2 is 1.83 bits per heavy atom. The number of hydrogen-bond acceptors (Lipinski definition) is 3. The van der Waals surface area contributed by atoms with Crippen LogP contribution in [0.5, 0.6) is 0 Å². The van der Waals surface area contributed by atoms with Crippen LogP contribution in [0.4, 0.5) is 0 Å². The minimum atomic E-state index is -0.0879. The highest BCUT2D eigenvalue weighted by atomic mass is 35.5. The summed E-state index contributed by atoms with van der Waals surface area (Å²) < 4.78 is 1.81. The molecule has 1 unspecified atom stereocenters. The zero-order valence-electron chi connectivity index (χ0n) is 12.6. The van der Waals surface area contributed by atoms with Gasteiger partial charge in [-0.25, -0.2) is 4.68 Å². The lowest BCUT2D eigenvalue weighted by atomic mass is 10.1. The van der Waals surface area contributed by atoms with Crippen molar-refractivity contribution in [3.63, 3.8) is 0 Å². The fraction of sp³-hybridized carbons (Fsp3) is 0.167. The van der Waals surface area contributed by atoms with Gasteiger partial charge in [0.25, 0.3) is 0 Å². The molecule has 118 valence electrons. The van der Waals surface area contributed by atoms with E-state index in [-0.39, 0.29) is 12.6 Å². The van der Waals surface area contributed by atoms with Crippen LogP contribution in [0.1, 0.15) is 17.2 Å². The molecule has 0 aliphatic carbocycles. The zero-order chi connectivity index (χ0) is 16.1. The van der Waals surface area contributed by atoms with Crippen LogP contribution in [0.15, 0.2) is 67.0 Å². The Morgan fingerprint density at radius 1 is 1.09 bits per heavy atom. The highest BCUT2D eigenvalue weighted by Crippen LogP contribution is 2.15. The maximum Gasteiger partial charge on any atom is 0.0646 e. The minimum Gasteiger partial charge on any atom is -0.394 e. The van der Waals surface area contributed by atoms with Crippen LogP contribution in [0.2, 0.25) is 5.02 Å². The summed E-state index contributed by atoms with van der Waals surface area (Å²) in [4.78, 5) is 0. The van der Waals surface area contributed by atoms with Crippen LogP contribution in [0.3, 0.4) is 0 Å². The number of aliphatic hydroxyl groups is 1. The number of aromatic nitrogens is 2. The third-order valence-electron chi connectivity index (χ3n) is 3.66. The van der Waals surface area contributed by atoms with Gasteiger partial charge >= 0.3 is 0 Å². The SMILES string of the molecule is OCC(NCc1cnn(-c2ccc(Cl)cc2)c1)c1ccccc1. The van der Waals surface area contributed by atoms with E-state index in [0.29, 0.717) is 11.6 Å². The smallest absolute Gasteiger partial charge is 0.0646 e. The topological polar surface area (TPSA) is 50.1 Å². The summed E-state index contributed by atoms with van der Waals surface area (Å²) in [6.45, 7) is 0.684. The van der Waals surface area contributed by atoms with Gasteiger partial charge in [0.2, 0.25) is 0 Å². The summed E-state index contributed by atoms with van der Waals surface area (Å²) in [5.74, 6) is 0. The van der Waals surface area contributed by atoms with Gasteiger partial charge in [-0.3, -0.25) is 0 Å². The predicted octanol–water partition coefficient (Wildman–Crippen LogP) is 3.35. The van der Waals surface area contributed by atoms with E-state index in [0.717, 1.165) is 16.8 Å². The number of hydrogen-bond donors (Lipinski definition) is 2. The van der Waals surface area contributed by atoms with Gasteiger partial charge in [0, 0.05) is 23.3 Å². The van der Waals surface area contributed by atoms with Crippen molar-refractivity contribution in [2.24, 2.45) is 0 Å². The summed E-state index contributed by atoms with van der Waals surface area (Å²) in [7, 11) is 0. The van der Waals surface area contributed by atoms with Crippen molar-refractivity contribution < 1.29 is 5.11 Å². The third-order valence-corrected chi connectivity index (χ3v) is 3.92. The van der Waals surface area contributed by atoms with Crippen LogP contribution < -0.4 is 5.32 Å². The summed E-state index contributed by atoms with van der Waals surface area (Å²) >= 11 is 5.90. The van der Waals surface area contributed by atoms with Crippen molar-refractivity contribution in [2.75, 3.05) is 6.61 Å². The monoisotopic (exact) mass is 327 g/mol. The molecule has 0 fully saturated rings. The molecule has 3 rings (SSSR count). The van der Waals surface area contributed by atoms with Gasteiger partial charge in [0.1, 0.15) is 0 Å². The second kappa shape index (κ2) is 7.42. The van der Waals surface area contributed by atoms with Gasteiger partial charge in [-0.2, -0.15) is 5.10 Å². The summed E-state index contributed by atoms with van der Waals surface area (Å²) in [5.41, 5.74) is 3.08. The molecule has 23 heavy (non-hydrogen) atoms. The van der Waals surface area contributed by atoms with Crippen LogP contribution >= 0.6 is 11.6 Å². The van der Waals surface area contributed by atoms with E-state index in [1.54, 1.807) is 0 Å². The van der Waals surface area contributed by atoms with Crippen LogP contribution in [-0.4, -0.2) is 21.5 Å². The Hall–Kier alpha value is -2.14. The van der Waals surface area contributed by atoms with Crippen molar-refractivity contribution in [3.8, 4) is 5.69 Å². The van der Waals surface area contributed by atoms with E-state index >= 15 is 0 Å². The summed E-state index contributed by atoms with van der Waals surface area (Å²) in [5, 5.41) is 18.0. The van der Waals surface area contributed by atoms with Gasteiger partial charge in [-0.15, -0.1) is 0 Å². The average Bonchev–Trinajstić information content (AvgIpc) is 3.06. The van der Waals surface area contributed by atoms with E-state index < -0.39 is 0 Å². The molecule has 4 nitrogen and oxygen atoms in total. The molecule has 1 atom stereocenters. The number of rotatable bonds is 6. The summed E-state index contributed by atoms with van der Waals surface area (Å²) in [6.07, 6.45) is 3.79. The average molecular weight is 328 g/mol. The van der Waals surface area contributed by atoms with Gasteiger partial charge in [-0.1, -0.05) is 41.9 Å². The molecule has 0 amide bonds. The first-order valence-corrected chi connectivity index (χ1v) is 7.83. The molecular formula is C18H18ClN3O. The van der Waals surface area contributed by atoms with E-state index in [9.17, 15) is 5.11 Å². The van der Waals surface area contributed by atoms with Crippen LogP contribution in [0.25, 0.3) is 5.69 Å². The van der Waals surface area contributed by atoms with E-state index in [1.165, 1.54) is 0 Å². The lowest BCUT2D eigenvalue weighted by molar-refractivity contribution is 0.243. The summed E-state index contributed by atoms with van der Waals surface area (Å²) in [6, 6.07) is 17.4. The maximum absolute atomic E-state index is 9.57. The fourth-order valence-electron chi connectivity index (χ4n) is 2.40. The van der Waals surface area contributed by atoms with Gasteiger partial charge in [0.05, 0.1) is 24.5 Å². The number of benzene rings is 2. The first kappa shape index (κ1) is 15.7. The highest BCUT2D eigenvalue weighted by Gasteiger charge is 2.10. The second-order valence-corrected chi connectivity index (χ2v) is 5.73. The number of nitrogens with zero attached hydrogens (tertiary/aromatic N) is 2. The quantitative estimate of drug-likeness (QED) is 0.730. The van der Waals surface area contributed by atoms with Gasteiger partial charge in [0.15, 0.2) is 0 Å². The van der Waals surface area contributed by atoms with Crippen molar-refractivity contribution in [1.29, 1.82) is 0 Å². The lowest BCUT2D eigenvalue weighted by Crippen LogP contribution is -2.23. The first-order valence-electron chi connectivity index (χ1n) is 7.45. The molecule has 1 heterocycles. The molecule has 0 aliphatic rings. The van der Waals surface area contributed by atoms with Crippen LogP contribution in [-0.2, 0) is 6.54 Å². The number of halogens is 1. The largest absolute Gasteiger partial charge is 0.394 e. The Balaban J connectivity index is 1.66. The van der Waals surface area contributed by atoms with Crippen LogP contribution in [0, 0.1) is 0 Å². The van der Waals surface area contributed by atoms with Crippen molar-refractivity contribution in [2.45, 2.75) is 12.6 Å². The lowest BCUT2D eigenvalue weighted by Gasteiger charge is -2.16. The molecule has 0 aliphatic heterocycles. The van der Waals surface area contributed by atoms with E-state index in [1.807, 2.05) is 71.7 Å². The van der Waals surface area contributed by atoms with Gasteiger partial charge in [-0.05, 0) is 29.8 Å². The Labute approximate surface area is 140 Å². The van der Waals surface area contributed by atoms with E-state index in [4.69, 9.17) is 11.6 Å². The third kappa shape index (κ3) is 3.99. The predicted molar refractivity (Wildman–Crippen MR) is 91.7 cm³/mol. The van der Waals surface area contributed by atoms with Gasteiger partial charge < -0.3 is 10.4 Å². The molecule has 3 aromatic rings. The molecule has 0 saturated heterocycles. The van der Waals surface area contributed by atoms with Crippen molar-refractivity contribution in [3.05, 3.63) is 83.1 Å². The number of aliphatic hydroxyl groups excluding tert-OH is 1. The molecule has 2 aromatic carbocycles. The standard InChI is InChI=1S/C18H18ClN3O/c19-16-6-8-17(9-7-16)22-12-14(11-21-22)10-20-18(13-23)15-4-2-1-3-5-15/h1-9,11-12,18,20,23H,10,13H2. The molecule has 5 heteroatoms. The van der Waals surface area contributed by atoms with Crippen molar-refractivity contribution >= 4 is 11.6 Å². The Bertz CT molecular complexity index is 740.